The average molecular weight is 428 g/mol. The number of hydrogen-bond donors (Lipinski definition) is 3. The van der Waals surface area contributed by atoms with Crippen LogP contribution in [0, 0.1) is 0 Å². The van der Waals surface area contributed by atoms with E-state index in [9.17, 15) is 18.0 Å². The number of rotatable bonds is 10. The summed E-state index contributed by atoms with van der Waals surface area (Å²) in [5.74, 6) is 0.126. The zero-order valence-electron chi connectivity index (χ0n) is 16.1. The summed E-state index contributed by atoms with van der Waals surface area (Å²) < 4.78 is 27.5. The Kier molecular flexibility index (Phi) is 7.84. The van der Waals surface area contributed by atoms with Crippen LogP contribution in [-0.4, -0.2) is 47.7 Å². The number of benzene rings is 1. The van der Waals surface area contributed by atoms with Crippen LogP contribution in [0.15, 0.2) is 29.1 Å². The zero-order chi connectivity index (χ0) is 20.7. The van der Waals surface area contributed by atoms with Crippen LogP contribution < -0.4 is 21.1 Å². The fraction of sp³-hybridized carbons (Fsp3) is 0.471. The van der Waals surface area contributed by atoms with Gasteiger partial charge in [0.15, 0.2) is 0 Å². The molecule has 0 spiro atoms. The normalized spacial score (nSPS) is 12.7. The number of sulfonamides is 1. The predicted molar refractivity (Wildman–Crippen MR) is 113 cm³/mol. The smallest absolute Gasteiger partial charge is 0.262 e. The summed E-state index contributed by atoms with van der Waals surface area (Å²) in [6.07, 6.45) is 2.21. The molecule has 0 aliphatic carbocycles. The molecular formula is C17H25N5O4S2. The Morgan fingerprint density at radius 2 is 2.00 bits per heavy atom. The average Bonchev–Trinajstić information content (AvgIpc) is 2.69. The lowest BCUT2D eigenvalue weighted by Crippen LogP contribution is -2.49. The number of carbonyl (C=O) groups is 1. The first-order valence-corrected chi connectivity index (χ1v) is 11.9. The van der Waals surface area contributed by atoms with Crippen LogP contribution in [0.4, 0.5) is 5.95 Å². The monoisotopic (exact) mass is 427 g/mol. The van der Waals surface area contributed by atoms with Crippen molar-refractivity contribution < 1.29 is 13.2 Å². The van der Waals surface area contributed by atoms with E-state index in [1.54, 1.807) is 31.2 Å². The Morgan fingerprint density at radius 3 is 2.64 bits per heavy atom. The maximum absolute atomic E-state index is 12.6. The number of aromatic nitrogens is 2. The molecule has 1 amide bonds. The number of nitrogens with one attached hydrogen (secondary N) is 3. The van der Waals surface area contributed by atoms with Crippen molar-refractivity contribution >= 4 is 44.5 Å². The van der Waals surface area contributed by atoms with Gasteiger partial charge in [0, 0.05) is 6.54 Å². The second-order valence-electron chi connectivity index (χ2n) is 5.97. The van der Waals surface area contributed by atoms with Crippen molar-refractivity contribution in [2.45, 2.75) is 32.9 Å². The number of carbonyl (C=O) groups excluding carboxylic acids is 1. The molecule has 0 saturated carbocycles. The Hall–Kier alpha value is -2.11. The van der Waals surface area contributed by atoms with E-state index >= 15 is 0 Å². The molecule has 0 aliphatic rings. The van der Waals surface area contributed by atoms with E-state index in [0.29, 0.717) is 29.6 Å². The Morgan fingerprint density at radius 1 is 1.29 bits per heavy atom. The minimum absolute atomic E-state index is 0.120. The van der Waals surface area contributed by atoms with Crippen molar-refractivity contribution in [1.82, 2.24) is 19.7 Å². The summed E-state index contributed by atoms with van der Waals surface area (Å²) in [4.78, 5) is 29.5. The molecule has 1 aromatic heterocycles. The largest absolute Gasteiger partial charge is 0.277 e. The van der Waals surface area contributed by atoms with Crippen LogP contribution in [0.3, 0.4) is 0 Å². The quantitative estimate of drug-likeness (QED) is 0.482. The van der Waals surface area contributed by atoms with Gasteiger partial charge in [-0.05, 0) is 44.4 Å². The van der Waals surface area contributed by atoms with E-state index in [2.05, 4.69) is 20.6 Å². The number of hydrazine groups is 1. The van der Waals surface area contributed by atoms with Crippen molar-refractivity contribution in [2.24, 2.45) is 0 Å². The summed E-state index contributed by atoms with van der Waals surface area (Å²) in [5, 5.41) is 0.481. The predicted octanol–water partition coefficient (Wildman–Crippen LogP) is 0.921. The Balaban J connectivity index is 2.23. The second kappa shape index (κ2) is 9.89. The molecular weight excluding hydrogens is 402 g/mol. The number of para-hydroxylation sites is 1. The topological polar surface area (TPSA) is 122 Å². The summed E-state index contributed by atoms with van der Waals surface area (Å²) in [7, 11) is -3.54. The molecule has 1 unspecified atom stereocenters. The summed E-state index contributed by atoms with van der Waals surface area (Å²) in [5.41, 5.74) is 5.42. The van der Waals surface area contributed by atoms with E-state index in [1.165, 1.54) is 23.3 Å². The van der Waals surface area contributed by atoms with Gasteiger partial charge in [0.25, 0.3) is 11.5 Å². The standard InChI is InChI=1S/C17H25N5O4S2/c1-4-22-16(24)12-8-6-7-9-13(12)18-17(22)20-19-15(23)14(10-11-27-3)21-28(25,26)5-2/h6-9,14,21H,4-5,10-11H2,1-3H3,(H,18,20)(H,19,23). The van der Waals surface area contributed by atoms with Gasteiger partial charge in [-0.3, -0.25) is 25.0 Å². The maximum Gasteiger partial charge on any atom is 0.262 e. The maximum atomic E-state index is 12.6. The number of anilines is 1. The molecule has 0 aliphatic heterocycles. The van der Waals surface area contributed by atoms with Crippen LogP contribution in [0.5, 0.6) is 0 Å². The van der Waals surface area contributed by atoms with Crippen LogP contribution in [0.25, 0.3) is 10.9 Å². The molecule has 0 saturated heterocycles. The number of amides is 1. The molecule has 3 N–H and O–H groups in total. The van der Waals surface area contributed by atoms with Gasteiger partial charge in [-0.15, -0.1) is 0 Å². The second-order valence-corrected chi connectivity index (χ2v) is 9.00. The van der Waals surface area contributed by atoms with Crippen molar-refractivity contribution in [3.63, 3.8) is 0 Å². The summed E-state index contributed by atoms with van der Waals surface area (Å²) in [6, 6.07) is 6.01. The summed E-state index contributed by atoms with van der Waals surface area (Å²) in [6.45, 7) is 3.65. The van der Waals surface area contributed by atoms with Crippen LogP contribution in [0.2, 0.25) is 0 Å². The van der Waals surface area contributed by atoms with Crippen molar-refractivity contribution in [3.8, 4) is 0 Å². The van der Waals surface area contributed by atoms with E-state index in [-0.39, 0.29) is 17.3 Å². The molecule has 28 heavy (non-hydrogen) atoms. The van der Waals surface area contributed by atoms with Crippen molar-refractivity contribution in [3.05, 3.63) is 34.6 Å². The highest BCUT2D eigenvalue weighted by Crippen LogP contribution is 2.10. The van der Waals surface area contributed by atoms with E-state index < -0.39 is 22.0 Å². The van der Waals surface area contributed by atoms with Gasteiger partial charge in [-0.25, -0.2) is 18.1 Å². The number of fused-ring (bicyclic) bond motifs is 1. The third-order valence-electron chi connectivity index (χ3n) is 4.10. The van der Waals surface area contributed by atoms with Crippen LogP contribution in [-0.2, 0) is 21.4 Å². The molecule has 0 bridgehead atoms. The minimum atomic E-state index is -3.54. The molecule has 9 nitrogen and oxygen atoms in total. The Labute approximate surface area is 168 Å². The van der Waals surface area contributed by atoms with Gasteiger partial charge in [-0.1, -0.05) is 12.1 Å². The molecule has 1 aromatic carbocycles. The van der Waals surface area contributed by atoms with Crippen molar-refractivity contribution in [2.75, 3.05) is 23.2 Å². The highest BCUT2D eigenvalue weighted by molar-refractivity contribution is 7.98. The molecule has 1 atom stereocenters. The fourth-order valence-electron chi connectivity index (χ4n) is 2.54. The summed E-state index contributed by atoms with van der Waals surface area (Å²) >= 11 is 1.51. The molecule has 2 rings (SSSR count). The first-order valence-electron chi connectivity index (χ1n) is 8.87. The number of thioether (sulfide) groups is 1. The fourth-order valence-corrected chi connectivity index (χ4v) is 3.84. The lowest BCUT2D eigenvalue weighted by atomic mass is 10.2. The van der Waals surface area contributed by atoms with E-state index in [0.717, 1.165) is 0 Å². The van der Waals surface area contributed by atoms with Crippen LogP contribution >= 0.6 is 11.8 Å². The van der Waals surface area contributed by atoms with Gasteiger partial charge >= 0.3 is 0 Å². The molecule has 154 valence electrons. The first kappa shape index (κ1) is 22.2. The number of hydrogen-bond acceptors (Lipinski definition) is 7. The molecule has 0 radical (unpaired) electrons. The molecule has 2 aromatic rings. The third-order valence-corrected chi connectivity index (χ3v) is 6.15. The molecule has 11 heteroatoms. The Bertz CT molecular complexity index is 991. The SMILES string of the molecule is CCn1c(NNC(=O)C(CCSC)NS(=O)(=O)CC)nc2ccccc2c1=O. The van der Waals surface area contributed by atoms with Gasteiger partial charge < -0.3 is 0 Å². The van der Waals surface area contributed by atoms with E-state index in [1.807, 2.05) is 6.26 Å². The lowest BCUT2D eigenvalue weighted by Gasteiger charge is -2.19. The lowest BCUT2D eigenvalue weighted by molar-refractivity contribution is -0.122. The van der Waals surface area contributed by atoms with Crippen molar-refractivity contribution in [1.29, 1.82) is 0 Å². The van der Waals surface area contributed by atoms with Gasteiger partial charge in [0.1, 0.15) is 6.04 Å². The van der Waals surface area contributed by atoms with Gasteiger partial charge in [0.05, 0.1) is 16.7 Å². The highest BCUT2D eigenvalue weighted by Gasteiger charge is 2.23. The van der Waals surface area contributed by atoms with Gasteiger partial charge in [-0.2, -0.15) is 11.8 Å². The first-order chi connectivity index (χ1) is 13.3. The third kappa shape index (κ3) is 5.46. The minimum Gasteiger partial charge on any atom is -0.277 e. The van der Waals surface area contributed by atoms with Crippen LogP contribution in [0.1, 0.15) is 20.3 Å². The van der Waals surface area contributed by atoms with Gasteiger partial charge in [0.2, 0.25) is 16.0 Å². The highest BCUT2D eigenvalue weighted by atomic mass is 32.2. The molecule has 0 fully saturated rings. The zero-order valence-corrected chi connectivity index (χ0v) is 17.7. The molecule has 1 heterocycles. The number of nitrogens with zero attached hydrogens (tertiary/aromatic N) is 2. The van der Waals surface area contributed by atoms with E-state index in [4.69, 9.17) is 0 Å².